The van der Waals surface area contributed by atoms with Gasteiger partial charge in [0.05, 0.1) is 19.3 Å². The molecular weight excluding hydrogens is 210 g/mol. The van der Waals surface area contributed by atoms with Crippen LogP contribution in [0.25, 0.3) is 0 Å². The van der Waals surface area contributed by atoms with E-state index in [9.17, 15) is 4.79 Å². The first-order valence-electron chi connectivity index (χ1n) is 4.95. The quantitative estimate of drug-likeness (QED) is 0.732. The number of methoxy groups -OCH3 is 2. The molecule has 0 amide bonds. The summed E-state index contributed by atoms with van der Waals surface area (Å²) in [6, 6.07) is 1.38. The lowest BCUT2D eigenvalue weighted by Gasteiger charge is -2.18. The van der Waals surface area contributed by atoms with Crippen molar-refractivity contribution in [3.63, 3.8) is 0 Å². The molecule has 1 heterocycles. The third-order valence-corrected chi connectivity index (χ3v) is 2.13. The maximum absolute atomic E-state index is 11.4. The molecule has 6 nitrogen and oxygen atoms in total. The molecule has 0 atom stereocenters. The van der Waals surface area contributed by atoms with Crippen LogP contribution >= 0.6 is 0 Å². The molecule has 16 heavy (non-hydrogen) atoms. The predicted octanol–water partition coefficient (Wildman–Crippen LogP) is -0.146. The topological polar surface area (TPSA) is 65.4 Å². The number of ether oxygens (including phenoxy) is 2. The van der Waals surface area contributed by atoms with Gasteiger partial charge in [0.2, 0.25) is 5.95 Å². The van der Waals surface area contributed by atoms with Crippen LogP contribution in [0.2, 0.25) is 0 Å². The Bertz CT molecular complexity index is 372. The van der Waals surface area contributed by atoms with Gasteiger partial charge in [-0.15, -0.1) is 0 Å². The van der Waals surface area contributed by atoms with E-state index in [1.54, 1.807) is 21.3 Å². The lowest BCUT2D eigenvalue weighted by Crippen LogP contribution is -2.33. The summed E-state index contributed by atoms with van der Waals surface area (Å²) in [5.41, 5.74) is -0.105. The molecule has 90 valence electrons. The Hall–Kier alpha value is -1.40. The molecule has 0 aromatic carbocycles. The third-order valence-electron chi connectivity index (χ3n) is 2.13. The molecule has 0 aliphatic rings. The molecule has 0 unspecified atom stereocenters. The standard InChI is InChI=1S/C10H17N3O3/c1-13-9(14)4-5-11-10(13)12-8(6-15-2)7-16-3/h4-5,8H,6-7H2,1-3H3,(H,11,12). The fourth-order valence-corrected chi connectivity index (χ4v) is 1.32. The van der Waals surface area contributed by atoms with Crippen molar-refractivity contribution in [2.75, 3.05) is 32.8 Å². The number of nitrogens with one attached hydrogen (secondary N) is 1. The summed E-state index contributed by atoms with van der Waals surface area (Å²) in [6.07, 6.45) is 1.47. The maximum atomic E-state index is 11.4. The van der Waals surface area contributed by atoms with E-state index in [4.69, 9.17) is 9.47 Å². The van der Waals surface area contributed by atoms with Crippen molar-refractivity contribution >= 4 is 5.95 Å². The zero-order valence-corrected chi connectivity index (χ0v) is 9.77. The van der Waals surface area contributed by atoms with Gasteiger partial charge in [-0.1, -0.05) is 0 Å². The van der Waals surface area contributed by atoms with Crippen LogP contribution in [-0.4, -0.2) is 43.0 Å². The molecule has 0 aliphatic carbocycles. The van der Waals surface area contributed by atoms with Crippen molar-refractivity contribution in [2.45, 2.75) is 6.04 Å². The minimum absolute atomic E-state index is 0.0319. The lowest BCUT2D eigenvalue weighted by molar-refractivity contribution is 0.125. The zero-order chi connectivity index (χ0) is 12.0. The van der Waals surface area contributed by atoms with Gasteiger partial charge in [0, 0.05) is 33.5 Å². The van der Waals surface area contributed by atoms with E-state index in [0.29, 0.717) is 19.2 Å². The number of hydrogen-bond donors (Lipinski definition) is 1. The van der Waals surface area contributed by atoms with Gasteiger partial charge >= 0.3 is 0 Å². The highest BCUT2D eigenvalue weighted by molar-refractivity contribution is 5.26. The Morgan fingerprint density at radius 1 is 1.44 bits per heavy atom. The molecule has 0 spiro atoms. The van der Waals surface area contributed by atoms with Crippen molar-refractivity contribution in [1.82, 2.24) is 9.55 Å². The summed E-state index contributed by atoms with van der Waals surface area (Å²) in [5, 5.41) is 3.09. The van der Waals surface area contributed by atoms with Gasteiger partial charge in [0.25, 0.3) is 5.56 Å². The number of rotatable bonds is 6. The van der Waals surface area contributed by atoms with Gasteiger partial charge < -0.3 is 14.8 Å². The highest BCUT2D eigenvalue weighted by Crippen LogP contribution is 2.00. The van der Waals surface area contributed by atoms with Crippen molar-refractivity contribution < 1.29 is 9.47 Å². The van der Waals surface area contributed by atoms with Crippen LogP contribution in [0.1, 0.15) is 0 Å². The molecule has 0 saturated heterocycles. The molecule has 0 fully saturated rings. The van der Waals surface area contributed by atoms with Gasteiger partial charge in [-0.2, -0.15) is 0 Å². The average molecular weight is 227 g/mol. The first-order chi connectivity index (χ1) is 7.69. The van der Waals surface area contributed by atoms with Crippen LogP contribution in [0.3, 0.4) is 0 Å². The number of hydrogen-bond acceptors (Lipinski definition) is 5. The molecule has 1 rings (SSSR count). The minimum atomic E-state index is -0.105. The van der Waals surface area contributed by atoms with Crippen LogP contribution < -0.4 is 10.9 Å². The summed E-state index contributed by atoms with van der Waals surface area (Å²) >= 11 is 0. The van der Waals surface area contributed by atoms with Gasteiger partial charge in [-0.3, -0.25) is 9.36 Å². The molecule has 1 N–H and O–H groups in total. The van der Waals surface area contributed by atoms with E-state index < -0.39 is 0 Å². The summed E-state index contributed by atoms with van der Waals surface area (Å²) in [4.78, 5) is 15.4. The molecule has 0 bridgehead atoms. The summed E-state index contributed by atoms with van der Waals surface area (Å²) in [7, 11) is 4.89. The number of aromatic nitrogens is 2. The molecular formula is C10H17N3O3. The van der Waals surface area contributed by atoms with Crippen LogP contribution in [0, 0.1) is 0 Å². The molecule has 0 radical (unpaired) electrons. The van der Waals surface area contributed by atoms with Crippen LogP contribution in [0.15, 0.2) is 17.1 Å². The van der Waals surface area contributed by atoms with Crippen LogP contribution in [0.4, 0.5) is 5.95 Å². The zero-order valence-electron chi connectivity index (χ0n) is 9.77. The first kappa shape index (κ1) is 12.7. The predicted molar refractivity (Wildman–Crippen MR) is 60.6 cm³/mol. The van der Waals surface area contributed by atoms with Gasteiger partial charge in [-0.05, 0) is 0 Å². The Kier molecular flexibility index (Phi) is 4.94. The lowest BCUT2D eigenvalue weighted by atomic mass is 10.3. The molecule has 0 saturated carbocycles. The van der Waals surface area contributed by atoms with Crippen LogP contribution in [0.5, 0.6) is 0 Å². The second-order valence-electron chi connectivity index (χ2n) is 3.42. The fraction of sp³-hybridized carbons (Fsp3) is 0.600. The first-order valence-corrected chi connectivity index (χ1v) is 4.95. The maximum Gasteiger partial charge on any atom is 0.254 e. The Labute approximate surface area is 94.2 Å². The van der Waals surface area contributed by atoms with Gasteiger partial charge in [0.1, 0.15) is 0 Å². The largest absolute Gasteiger partial charge is 0.382 e. The Morgan fingerprint density at radius 3 is 2.62 bits per heavy atom. The van der Waals surface area contributed by atoms with Gasteiger partial charge in [0.15, 0.2) is 0 Å². The summed E-state index contributed by atoms with van der Waals surface area (Å²) < 4.78 is 11.5. The monoisotopic (exact) mass is 227 g/mol. The minimum Gasteiger partial charge on any atom is -0.382 e. The van der Waals surface area contributed by atoms with E-state index in [1.807, 2.05) is 0 Å². The van der Waals surface area contributed by atoms with Crippen molar-refractivity contribution in [3.05, 3.63) is 22.6 Å². The van der Waals surface area contributed by atoms with E-state index >= 15 is 0 Å². The number of anilines is 1. The second-order valence-corrected chi connectivity index (χ2v) is 3.42. The summed E-state index contributed by atoms with van der Waals surface area (Å²) in [5.74, 6) is 0.506. The summed E-state index contributed by atoms with van der Waals surface area (Å²) in [6.45, 7) is 0.969. The Morgan fingerprint density at radius 2 is 2.06 bits per heavy atom. The molecule has 6 heteroatoms. The smallest absolute Gasteiger partial charge is 0.254 e. The van der Waals surface area contributed by atoms with E-state index in [-0.39, 0.29) is 11.6 Å². The van der Waals surface area contributed by atoms with Crippen LogP contribution in [-0.2, 0) is 16.5 Å². The van der Waals surface area contributed by atoms with E-state index in [2.05, 4.69) is 10.3 Å². The fourth-order valence-electron chi connectivity index (χ4n) is 1.32. The average Bonchev–Trinajstić information content (AvgIpc) is 2.25. The Balaban J connectivity index is 2.76. The van der Waals surface area contributed by atoms with E-state index in [1.165, 1.54) is 16.8 Å². The molecule has 1 aromatic heterocycles. The highest BCUT2D eigenvalue weighted by atomic mass is 16.5. The van der Waals surface area contributed by atoms with E-state index in [0.717, 1.165) is 0 Å². The SMILES string of the molecule is COCC(COC)Nc1nccc(=O)n1C. The molecule has 0 aliphatic heterocycles. The van der Waals surface area contributed by atoms with Gasteiger partial charge in [-0.25, -0.2) is 4.98 Å². The third kappa shape index (κ3) is 3.32. The van der Waals surface area contributed by atoms with Crippen molar-refractivity contribution in [2.24, 2.45) is 7.05 Å². The second kappa shape index (κ2) is 6.24. The van der Waals surface area contributed by atoms with Crippen molar-refractivity contribution in [1.29, 1.82) is 0 Å². The normalized spacial score (nSPS) is 10.8. The number of nitrogens with zero attached hydrogens (tertiary/aromatic N) is 2. The van der Waals surface area contributed by atoms with Crippen molar-refractivity contribution in [3.8, 4) is 0 Å². The highest BCUT2D eigenvalue weighted by Gasteiger charge is 2.10. The molecule has 1 aromatic rings.